The fraction of sp³-hybridized carbons (Fsp3) is 0.200. The van der Waals surface area contributed by atoms with Gasteiger partial charge in [0.25, 0.3) is 0 Å². The van der Waals surface area contributed by atoms with Crippen molar-refractivity contribution in [1.82, 2.24) is 19.6 Å². The van der Waals surface area contributed by atoms with Gasteiger partial charge in [-0.3, -0.25) is 0 Å². The minimum atomic E-state index is -0.385. The lowest BCUT2D eigenvalue weighted by Crippen LogP contribution is -2.10. The van der Waals surface area contributed by atoms with Crippen LogP contribution in [0.5, 0.6) is 0 Å². The van der Waals surface area contributed by atoms with E-state index in [2.05, 4.69) is 20.4 Å². The summed E-state index contributed by atoms with van der Waals surface area (Å²) in [6, 6.07) is 7.19. The van der Waals surface area contributed by atoms with Crippen LogP contribution in [0.4, 0.5) is 5.82 Å². The van der Waals surface area contributed by atoms with Crippen LogP contribution in [-0.4, -0.2) is 32.7 Å². The minimum absolute atomic E-state index is 0.385. The number of hydrogen-bond acceptors (Lipinski definition) is 6. The van der Waals surface area contributed by atoms with Crippen molar-refractivity contribution in [3.05, 3.63) is 53.6 Å². The van der Waals surface area contributed by atoms with E-state index in [4.69, 9.17) is 4.74 Å². The van der Waals surface area contributed by atoms with Gasteiger partial charge in [-0.1, -0.05) is 0 Å². The van der Waals surface area contributed by atoms with Gasteiger partial charge >= 0.3 is 5.97 Å². The summed E-state index contributed by atoms with van der Waals surface area (Å²) in [4.78, 5) is 20.1. The summed E-state index contributed by atoms with van der Waals surface area (Å²) in [6.07, 6.45) is 3.45. The standard InChI is InChI=1S/C15H15N5O2/c1-10-12(15(21)22-2)3-4-13(19-10)17-9-11-5-7-16-14-6-8-18-20(11)14/h3-8H,9H2,1-2H3,(H,17,19). The highest BCUT2D eigenvalue weighted by molar-refractivity contribution is 5.90. The van der Waals surface area contributed by atoms with Crippen molar-refractivity contribution in [1.29, 1.82) is 0 Å². The Morgan fingerprint density at radius 2 is 2.14 bits per heavy atom. The molecule has 0 bridgehead atoms. The fourth-order valence-electron chi connectivity index (χ4n) is 2.19. The number of rotatable bonds is 4. The summed E-state index contributed by atoms with van der Waals surface area (Å²) < 4.78 is 6.47. The number of carbonyl (C=O) groups excluding carboxylic acids is 1. The number of esters is 1. The number of carbonyl (C=O) groups is 1. The number of anilines is 1. The molecule has 0 aliphatic heterocycles. The zero-order valence-corrected chi connectivity index (χ0v) is 12.3. The first-order valence-corrected chi connectivity index (χ1v) is 6.76. The first-order chi connectivity index (χ1) is 10.7. The van der Waals surface area contributed by atoms with Gasteiger partial charge in [-0.15, -0.1) is 0 Å². The van der Waals surface area contributed by atoms with Crippen LogP contribution in [0.1, 0.15) is 21.7 Å². The Bertz CT molecular complexity index is 828. The van der Waals surface area contributed by atoms with E-state index in [1.54, 1.807) is 36.0 Å². The number of nitrogens with zero attached hydrogens (tertiary/aromatic N) is 4. The lowest BCUT2D eigenvalue weighted by Gasteiger charge is -2.09. The number of hydrogen-bond donors (Lipinski definition) is 1. The molecule has 0 atom stereocenters. The summed E-state index contributed by atoms with van der Waals surface area (Å²) in [5, 5.41) is 7.45. The highest BCUT2D eigenvalue weighted by Gasteiger charge is 2.10. The molecule has 7 nitrogen and oxygen atoms in total. The summed E-state index contributed by atoms with van der Waals surface area (Å²) in [6.45, 7) is 2.32. The van der Waals surface area contributed by atoms with E-state index in [-0.39, 0.29) is 5.97 Å². The molecule has 0 fully saturated rings. The highest BCUT2D eigenvalue weighted by Crippen LogP contribution is 2.13. The fourth-order valence-corrected chi connectivity index (χ4v) is 2.19. The van der Waals surface area contributed by atoms with Crippen molar-refractivity contribution in [2.45, 2.75) is 13.5 Å². The van der Waals surface area contributed by atoms with Crippen LogP contribution in [0.3, 0.4) is 0 Å². The Morgan fingerprint density at radius 1 is 1.27 bits per heavy atom. The number of aromatic nitrogens is 4. The van der Waals surface area contributed by atoms with Gasteiger partial charge in [-0.2, -0.15) is 5.10 Å². The van der Waals surface area contributed by atoms with Crippen molar-refractivity contribution in [3.8, 4) is 0 Å². The third-order valence-electron chi connectivity index (χ3n) is 3.31. The quantitative estimate of drug-likeness (QED) is 0.740. The second kappa shape index (κ2) is 5.80. The molecule has 3 rings (SSSR count). The van der Waals surface area contributed by atoms with Gasteiger partial charge < -0.3 is 10.1 Å². The molecule has 0 aliphatic carbocycles. The Kier molecular flexibility index (Phi) is 3.69. The molecule has 3 aromatic heterocycles. The predicted molar refractivity (Wildman–Crippen MR) is 80.6 cm³/mol. The number of fused-ring (bicyclic) bond motifs is 1. The number of nitrogens with one attached hydrogen (secondary N) is 1. The summed E-state index contributed by atoms with van der Waals surface area (Å²) in [5.74, 6) is 0.297. The maximum Gasteiger partial charge on any atom is 0.339 e. The van der Waals surface area contributed by atoms with E-state index in [9.17, 15) is 4.79 Å². The van der Waals surface area contributed by atoms with Gasteiger partial charge in [0.1, 0.15) is 5.82 Å². The van der Waals surface area contributed by atoms with Crippen LogP contribution in [0, 0.1) is 6.92 Å². The van der Waals surface area contributed by atoms with Crippen molar-refractivity contribution < 1.29 is 9.53 Å². The second-order valence-corrected chi connectivity index (χ2v) is 4.71. The Balaban J connectivity index is 1.78. The average Bonchev–Trinajstić information content (AvgIpc) is 3.01. The first kappa shape index (κ1) is 14.0. The van der Waals surface area contributed by atoms with Crippen molar-refractivity contribution in [3.63, 3.8) is 0 Å². The second-order valence-electron chi connectivity index (χ2n) is 4.71. The molecule has 1 N–H and O–H groups in total. The average molecular weight is 297 g/mol. The lowest BCUT2D eigenvalue weighted by atomic mass is 10.2. The predicted octanol–water partition coefficient (Wildman–Crippen LogP) is 1.83. The molecule has 7 heteroatoms. The third kappa shape index (κ3) is 2.60. The maximum absolute atomic E-state index is 11.5. The van der Waals surface area contributed by atoms with Crippen LogP contribution in [0.2, 0.25) is 0 Å². The Morgan fingerprint density at radius 3 is 2.91 bits per heavy atom. The van der Waals surface area contributed by atoms with E-state index in [0.717, 1.165) is 11.3 Å². The first-order valence-electron chi connectivity index (χ1n) is 6.76. The van der Waals surface area contributed by atoms with Crippen LogP contribution >= 0.6 is 0 Å². The van der Waals surface area contributed by atoms with Gasteiger partial charge in [-0.25, -0.2) is 19.3 Å². The van der Waals surface area contributed by atoms with Crippen LogP contribution in [0.25, 0.3) is 5.65 Å². The molecule has 0 unspecified atom stereocenters. The minimum Gasteiger partial charge on any atom is -0.465 e. The summed E-state index contributed by atoms with van der Waals surface area (Å²) >= 11 is 0. The molecule has 3 aromatic rings. The van der Waals surface area contributed by atoms with E-state index in [0.29, 0.717) is 23.6 Å². The maximum atomic E-state index is 11.5. The molecule has 0 saturated carbocycles. The molecule has 3 heterocycles. The molecule has 0 aromatic carbocycles. The SMILES string of the molecule is COC(=O)c1ccc(NCc2ccnc3ccnn23)nc1C. The van der Waals surface area contributed by atoms with Crippen molar-refractivity contribution in [2.75, 3.05) is 12.4 Å². The number of pyridine rings is 1. The molecule has 0 radical (unpaired) electrons. The smallest absolute Gasteiger partial charge is 0.339 e. The monoisotopic (exact) mass is 297 g/mol. The zero-order valence-electron chi connectivity index (χ0n) is 12.3. The molecule has 0 amide bonds. The number of methoxy groups -OCH3 is 1. The normalized spacial score (nSPS) is 10.6. The number of aryl methyl sites for hydroxylation is 1. The van der Waals surface area contributed by atoms with Crippen molar-refractivity contribution >= 4 is 17.4 Å². The molecular formula is C15H15N5O2. The van der Waals surface area contributed by atoms with Crippen LogP contribution in [0.15, 0.2) is 36.7 Å². The molecule has 0 aliphatic rings. The molecule has 22 heavy (non-hydrogen) atoms. The van der Waals surface area contributed by atoms with Crippen LogP contribution < -0.4 is 5.32 Å². The van der Waals surface area contributed by atoms with E-state index in [1.807, 2.05) is 12.1 Å². The molecule has 112 valence electrons. The van der Waals surface area contributed by atoms with E-state index in [1.165, 1.54) is 7.11 Å². The molecule has 0 saturated heterocycles. The van der Waals surface area contributed by atoms with Gasteiger partial charge in [0.05, 0.1) is 36.8 Å². The molecule has 0 spiro atoms. The van der Waals surface area contributed by atoms with E-state index < -0.39 is 0 Å². The Labute approximate surface area is 127 Å². The third-order valence-corrected chi connectivity index (χ3v) is 3.31. The van der Waals surface area contributed by atoms with Gasteiger partial charge in [0.15, 0.2) is 5.65 Å². The van der Waals surface area contributed by atoms with Crippen LogP contribution in [-0.2, 0) is 11.3 Å². The van der Waals surface area contributed by atoms with Gasteiger partial charge in [-0.05, 0) is 25.1 Å². The van der Waals surface area contributed by atoms with Crippen molar-refractivity contribution in [2.24, 2.45) is 0 Å². The van der Waals surface area contributed by atoms with Gasteiger partial charge in [0, 0.05) is 12.3 Å². The lowest BCUT2D eigenvalue weighted by molar-refractivity contribution is 0.0599. The largest absolute Gasteiger partial charge is 0.465 e. The number of ether oxygens (including phenoxy) is 1. The summed E-state index contributed by atoms with van der Waals surface area (Å²) in [5.41, 5.74) is 2.85. The summed E-state index contributed by atoms with van der Waals surface area (Å²) in [7, 11) is 1.35. The zero-order chi connectivity index (χ0) is 15.5. The Hall–Kier alpha value is -2.96. The highest BCUT2D eigenvalue weighted by atomic mass is 16.5. The molecular weight excluding hydrogens is 282 g/mol. The van der Waals surface area contributed by atoms with Gasteiger partial charge in [0.2, 0.25) is 0 Å². The van der Waals surface area contributed by atoms with E-state index >= 15 is 0 Å². The topological polar surface area (TPSA) is 81.4 Å².